The zero-order chi connectivity index (χ0) is 23.3. The van der Waals surface area contributed by atoms with Crippen molar-refractivity contribution in [1.29, 1.82) is 0 Å². The number of hydrogen-bond donors (Lipinski definition) is 4. The Morgan fingerprint density at radius 3 is 2.39 bits per heavy atom. The van der Waals surface area contributed by atoms with Crippen LogP contribution >= 0.6 is 12.4 Å². The van der Waals surface area contributed by atoms with Crippen molar-refractivity contribution < 1.29 is 24.3 Å². The van der Waals surface area contributed by atoms with E-state index in [9.17, 15) is 24.3 Å². The van der Waals surface area contributed by atoms with Gasteiger partial charge in [-0.15, -0.1) is 12.4 Å². The zero-order valence-electron chi connectivity index (χ0n) is 17.7. The molecule has 0 aliphatic carbocycles. The molecular weight excluding hydrogens is 450 g/mol. The molecule has 0 aromatic heterocycles. The van der Waals surface area contributed by atoms with Gasteiger partial charge < -0.3 is 21.6 Å². The summed E-state index contributed by atoms with van der Waals surface area (Å²) in [6.07, 6.45) is 1.10. The Morgan fingerprint density at radius 1 is 1.18 bits per heavy atom. The van der Waals surface area contributed by atoms with Crippen molar-refractivity contribution in [1.82, 2.24) is 15.5 Å². The minimum Gasteiger partial charge on any atom is -0.481 e. The predicted octanol–water partition coefficient (Wildman–Crippen LogP) is 1.50. The number of hydrogen-bond acceptors (Lipinski definition) is 6. The average molecular weight is 474 g/mol. The number of hydrazone groups is 1. The molecule has 1 aliphatic rings. The summed E-state index contributed by atoms with van der Waals surface area (Å²) in [5.74, 6) is 2.80. The number of rotatable bonds is 8. The molecule has 10 nitrogen and oxygen atoms in total. The third kappa shape index (κ3) is 5.66. The summed E-state index contributed by atoms with van der Waals surface area (Å²) < 4.78 is 0. The summed E-state index contributed by atoms with van der Waals surface area (Å²) in [5, 5.41) is 17.8. The first-order chi connectivity index (χ1) is 15.2. The Balaban J connectivity index is 0.00000385. The topological polar surface area (TPSA) is 154 Å². The lowest BCUT2D eigenvalue weighted by molar-refractivity contribution is -0.138. The molecule has 33 heavy (non-hydrogen) atoms. The highest BCUT2D eigenvalue weighted by atomic mass is 35.5. The third-order valence-corrected chi connectivity index (χ3v) is 5.20. The molecule has 4 amide bonds. The number of benzene rings is 2. The number of carbonyl (C=O) groups excluding carboxylic acids is 3. The lowest BCUT2D eigenvalue weighted by atomic mass is 9.91. The molecule has 2 aromatic carbocycles. The second kappa shape index (κ2) is 10.6. The van der Waals surface area contributed by atoms with Gasteiger partial charge in [0.25, 0.3) is 5.91 Å². The molecule has 0 saturated carbocycles. The van der Waals surface area contributed by atoms with Crippen LogP contribution in [0.15, 0.2) is 59.7 Å². The fourth-order valence-electron chi connectivity index (χ4n) is 3.52. The minimum absolute atomic E-state index is 0. The number of carboxylic acids is 1. The smallest absolute Gasteiger partial charge is 0.325 e. The van der Waals surface area contributed by atoms with Gasteiger partial charge >= 0.3 is 12.0 Å². The van der Waals surface area contributed by atoms with Crippen molar-refractivity contribution in [3.8, 4) is 0 Å². The normalized spacial score (nSPS) is 18.5. The number of urea groups is 1. The summed E-state index contributed by atoms with van der Waals surface area (Å²) >= 11 is 0. The van der Waals surface area contributed by atoms with Gasteiger partial charge in [0.1, 0.15) is 12.1 Å². The maximum absolute atomic E-state index is 13.0. The van der Waals surface area contributed by atoms with Crippen molar-refractivity contribution >= 4 is 42.4 Å². The SMILES string of the molecule is C[C@]1(c2ccc(/C=N/N)cc2)NC(=O)N(CC(=O)N[C@H](CC(=O)O)c2ccccc2)C1=O.Cl. The summed E-state index contributed by atoms with van der Waals surface area (Å²) in [5.41, 5.74) is 0.501. The number of nitrogens with zero attached hydrogens (tertiary/aromatic N) is 2. The molecular formula is C22H24ClN5O5. The van der Waals surface area contributed by atoms with E-state index in [1.807, 2.05) is 0 Å². The van der Waals surface area contributed by atoms with Crippen LogP contribution in [0.4, 0.5) is 4.79 Å². The summed E-state index contributed by atoms with van der Waals surface area (Å²) in [7, 11) is 0. The van der Waals surface area contributed by atoms with E-state index in [2.05, 4.69) is 15.7 Å². The van der Waals surface area contributed by atoms with Crippen LogP contribution in [0.2, 0.25) is 0 Å². The molecule has 0 spiro atoms. The van der Waals surface area contributed by atoms with E-state index in [1.54, 1.807) is 61.5 Å². The van der Waals surface area contributed by atoms with Crippen LogP contribution < -0.4 is 16.5 Å². The molecule has 2 aromatic rings. The highest BCUT2D eigenvalue weighted by Crippen LogP contribution is 2.29. The Bertz CT molecular complexity index is 1060. The van der Waals surface area contributed by atoms with Crippen LogP contribution in [0.1, 0.15) is 36.1 Å². The van der Waals surface area contributed by atoms with Crippen LogP contribution in [0.5, 0.6) is 0 Å². The monoisotopic (exact) mass is 473 g/mol. The first-order valence-electron chi connectivity index (χ1n) is 9.78. The lowest BCUT2D eigenvalue weighted by Gasteiger charge is -2.23. The summed E-state index contributed by atoms with van der Waals surface area (Å²) in [6.45, 7) is 1.01. The molecule has 1 heterocycles. The van der Waals surface area contributed by atoms with E-state index >= 15 is 0 Å². The number of nitrogens with one attached hydrogen (secondary N) is 2. The van der Waals surface area contributed by atoms with Gasteiger partial charge in [0, 0.05) is 0 Å². The van der Waals surface area contributed by atoms with Crippen molar-refractivity contribution in [3.05, 3.63) is 71.3 Å². The fraction of sp³-hybridized carbons (Fsp3) is 0.227. The van der Waals surface area contributed by atoms with E-state index in [0.717, 1.165) is 10.5 Å². The quantitative estimate of drug-likeness (QED) is 0.197. The molecule has 174 valence electrons. The number of aliphatic carboxylic acids is 1. The van der Waals surface area contributed by atoms with Gasteiger partial charge in [-0.3, -0.25) is 19.3 Å². The molecule has 2 atom stereocenters. The Morgan fingerprint density at radius 2 is 1.82 bits per heavy atom. The summed E-state index contributed by atoms with van der Waals surface area (Å²) in [4.78, 5) is 50.2. The maximum atomic E-state index is 13.0. The maximum Gasteiger partial charge on any atom is 0.325 e. The number of amides is 4. The van der Waals surface area contributed by atoms with Crippen LogP contribution in [-0.4, -0.2) is 46.6 Å². The Hall–Kier alpha value is -3.92. The number of halogens is 1. The molecule has 1 fully saturated rings. The highest BCUT2D eigenvalue weighted by Gasteiger charge is 2.49. The van der Waals surface area contributed by atoms with Gasteiger partial charge in [0.2, 0.25) is 5.91 Å². The molecule has 1 aliphatic heterocycles. The van der Waals surface area contributed by atoms with Crippen LogP contribution in [0, 0.1) is 0 Å². The van der Waals surface area contributed by atoms with Crippen molar-refractivity contribution in [2.45, 2.75) is 24.9 Å². The summed E-state index contributed by atoms with van der Waals surface area (Å²) in [6, 6.07) is 13.8. The van der Waals surface area contributed by atoms with Gasteiger partial charge in [0.05, 0.1) is 18.7 Å². The van der Waals surface area contributed by atoms with E-state index in [0.29, 0.717) is 11.1 Å². The second-order valence-electron chi connectivity index (χ2n) is 7.48. The van der Waals surface area contributed by atoms with Crippen molar-refractivity contribution in [2.24, 2.45) is 10.9 Å². The number of carbonyl (C=O) groups is 4. The lowest BCUT2D eigenvalue weighted by Crippen LogP contribution is -2.44. The van der Waals surface area contributed by atoms with Gasteiger partial charge in [-0.1, -0.05) is 54.6 Å². The van der Waals surface area contributed by atoms with Gasteiger partial charge in [-0.05, 0) is 23.6 Å². The van der Waals surface area contributed by atoms with Crippen LogP contribution in [0.3, 0.4) is 0 Å². The predicted molar refractivity (Wildman–Crippen MR) is 123 cm³/mol. The molecule has 0 unspecified atom stereocenters. The molecule has 3 rings (SSSR count). The second-order valence-corrected chi connectivity index (χ2v) is 7.48. The molecule has 5 N–H and O–H groups in total. The number of imide groups is 1. The van der Waals surface area contributed by atoms with Gasteiger partial charge in [0.15, 0.2) is 0 Å². The van der Waals surface area contributed by atoms with Gasteiger partial charge in [-0.2, -0.15) is 5.10 Å². The van der Waals surface area contributed by atoms with Crippen molar-refractivity contribution in [3.63, 3.8) is 0 Å². The highest BCUT2D eigenvalue weighted by molar-refractivity contribution is 6.09. The van der Waals surface area contributed by atoms with Crippen LogP contribution in [-0.2, 0) is 19.9 Å². The first-order valence-corrected chi connectivity index (χ1v) is 9.78. The van der Waals surface area contributed by atoms with Crippen LogP contribution in [0.25, 0.3) is 0 Å². The largest absolute Gasteiger partial charge is 0.481 e. The number of nitrogens with two attached hydrogens (primary N) is 1. The molecule has 1 saturated heterocycles. The fourth-order valence-corrected chi connectivity index (χ4v) is 3.52. The number of carboxylic acid groups (broad SMARTS) is 1. The Kier molecular flexibility index (Phi) is 8.14. The third-order valence-electron chi connectivity index (χ3n) is 5.20. The first kappa shape index (κ1) is 25.3. The molecule has 0 radical (unpaired) electrons. The van der Waals surface area contributed by atoms with E-state index < -0.39 is 41.9 Å². The van der Waals surface area contributed by atoms with Gasteiger partial charge in [-0.25, -0.2) is 4.79 Å². The Labute approximate surface area is 196 Å². The van der Waals surface area contributed by atoms with E-state index in [4.69, 9.17) is 5.84 Å². The average Bonchev–Trinajstić information content (AvgIpc) is 2.98. The standard InChI is InChI=1S/C22H23N5O5.ClH/c1-22(16-9-7-14(8-10-16)12-24-23)20(31)27(21(32)26-22)13-18(28)25-17(11-19(29)30)15-5-3-2-4-6-15;/h2-10,12,17H,11,13,23H2,1H3,(H,25,28)(H,26,32)(H,29,30);1H/b24-12+;/t17-,22-;/m1./s1. The minimum atomic E-state index is -1.35. The molecule has 11 heteroatoms. The van der Waals surface area contributed by atoms with E-state index in [1.165, 1.54) is 6.21 Å². The zero-order valence-corrected chi connectivity index (χ0v) is 18.5. The van der Waals surface area contributed by atoms with E-state index in [-0.39, 0.29) is 18.8 Å². The van der Waals surface area contributed by atoms with Crippen molar-refractivity contribution in [2.75, 3.05) is 6.54 Å². The molecule has 0 bridgehead atoms.